The van der Waals surface area contributed by atoms with Gasteiger partial charge in [-0.3, -0.25) is 0 Å². The van der Waals surface area contributed by atoms with Gasteiger partial charge >= 0.3 is 5.95 Å². The first-order valence-corrected chi connectivity index (χ1v) is 12.7. The Kier molecular flexibility index (Phi) is 19.8. The average molecular weight is 413 g/mol. The Morgan fingerprint density at radius 1 is 0.586 bits per heavy atom. The molecule has 0 saturated heterocycles. The van der Waals surface area contributed by atoms with E-state index in [4.69, 9.17) is 14.2 Å². The molecular formula is C26H52O3. The van der Waals surface area contributed by atoms with E-state index >= 15 is 0 Å². The molecule has 3 atom stereocenters. The van der Waals surface area contributed by atoms with E-state index in [1.165, 1.54) is 57.8 Å². The molecule has 3 unspecified atom stereocenters. The molecular weight excluding hydrogens is 360 g/mol. The summed E-state index contributed by atoms with van der Waals surface area (Å²) in [6.07, 6.45) is 16.4. The van der Waals surface area contributed by atoms with Gasteiger partial charge in [-0.2, -0.15) is 0 Å². The van der Waals surface area contributed by atoms with Gasteiger partial charge in [-0.1, -0.05) is 99.3 Å². The summed E-state index contributed by atoms with van der Waals surface area (Å²) in [5.41, 5.74) is 0. The summed E-state index contributed by atoms with van der Waals surface area (Å²) in [4.78, 5) is 0. The zero-order valence-electron chi connectivity index (χ0n) is 20.6. The second-order valence-corrected chi connectivity index (χ2v) is 8.64. The van der Waals surface area contributed by atoms with Crippen LogP contribution in [0.3, 0.4) is 0 Å². The van der Waals surface area contributed by atoms with Crippen LogP contribution < -0.4 is 0 Å². The van der Waals surface area contributed by atoms with Crippen molar-refractivity contribution in [2.24, 2.45) is 17.8 Å². The minimum atomic E-state index is 0.584. The van der Waals surface area contributed by atoms with E-state index in [-0.39, 0.29) is 0 Å². The van der Waals surface area contributed by atoms with Crippen molar-refractivity contribution in [2.45, 2.75) is 119 Å². The molecule has 0 aliphatic carbocycles. The maximum atomic E-state index is 6.10. The van der Waals surface area contributed by atoms with Crippen LogP contribution in [0, 0.1) is 17.8 Å². The summed E-state index contributed by atoms with van der Waals surface area (Å²) < 4.78 is 18.1. The number of rotatable bonds is 21. The van der Waals surface area contributed by atoms with Gasteiger partial charge < -0.3 is 14.2 Å². The molecule has 0 aromatic carbocycles. The van der Waals surface area contributed by atoms with Crippen LogP contribution in [-0.4, -0.2) is 19.8 Å². The second-order valence-electron chi connectivity index (χ2n) is 8.64. The molecule has 174 valence electrons. The van der Waals surface area contributed by atoms with Crippen molar-refractivity contribution < 1.29 is 14.2 Å². The van der Waals surface area contributed by atoms with Crippen LogP contribution in [0.2, 0.25) is 0 Å². The fourth-order valence-electron chi connectivity index (χ4n) is 3.46. The van der Waals surface area contributed by atoms with Crippen LogP contribution in [0.15, 0.2) is 12.2 Å². The number of hydrogen-bond donors (Lipinski definition) is 0. The summed E-state index contributed by atoms with van der Waals surface area (Å²) in [6.45, 7) is 15.7. The number of unbranched alkanes of at least 4 members (excludes halogenated alkanes) is 3. The lowest BCUT2D eigenvalue weighted by atomic mass is 10.0. The van der Waals surface area contributed by atoms with Crippen LogP contribution in [0.1, 0.15) is 119 Å². The minimum absolute atomic E-state index is 0.584. The average Bonchev–Trinajstić information content (AvgIpc) is 2.75. The van der Waals surface area contributed by atoms with Gasteiger partial charge in [0, 0.05) is 0 Å². The lowest BCUT2D eigenvalue weighted by molar-refractivity contribution is -0.00795. The van der Waals surface area contributed by atoms with Crippen molar-refractivity contribution in [3.63, 3.8) is 0 Å². The van der Waals surface area contributed by atoms with Crippen LogP contribution >= 0.6 is 0 Å². The van der Waals surface area contributed by atoms with Crippen molar-refractivity contribution in [2.75, 3.05) is 19.8 Å². The maximum Gasteiger partial charge on any atom is 0.315 e. The molecule has 0 aliphatic heterocycles. The SMILES string of the molecule is CCCCC(CC)COC=C(OCC(CC)CCCC)OCC(CC)CCCC. The van der Waals surface area contributed by atoms with Crippen LogP contribution in [-0.2, 0) is 14.2 Å². The van der Waals surface area contributed by atoms with Crippen molar-refractivity contribution >= 4 is 0 Å². The molecule has 0 fully saturated rings. The summed E-state index contributed by atoms with van der Waals surface area (Å²) in [5.74, 6) is 2.39. The first-order chi connectivity index (χ1) is 14.1. The van der Waals surface area contributed by atoms with Gasteiger partial charge in [0.1, 0.15) is 0 Å². The summed E-state index contributed by atoms with van der Waals surface area (Å²) in [6, 6.07) is 0. The zero-order valence-corrected chi connectivity index (χ0v) is 20.6. The Labute approximate surface area is 183 Å². The molecule has 0 N–H and O–H groups in total. The normalized spacial score (nSPS) is 14.1. The highest BCUT2D eigenvalue weighted by molar-refractivity contribution is 4.78. The topological polar surface area (TPSA) is 27.7 Å². The third-order valence-electron chi connectivity index (χ3n) is 6.06. The quantitative estimate of drug-likeness (QED) is 0.177. The molecule has 3 heteroatoms. The van der Waals surface area contributed by atoms with Gasteiger partial charge in [-0.25, -0.2) is 0 Å². The predicted octanol–water partition coefficient (Wildman–Crippen LogP) is 8.48. The monoisotopic (exact) mass is 412 g/mol. The highest BCUT2D eigenvalue weighted by Gasteiger charge is 2.13. The largest absolute Gasteiger partial charge is 0.494 e. The molecule has 0 amide bonds. The molecule has 0 spiro atoms. The lowest BCUT2D eigenvalue weighted by Gasteiger charge is -2.21. The van der Waals surface area contributed by atoms with Crippen LogP contribution in [0.4, 0.5) is 0 Å². The van der Waals surface area contributed by atoms with Crippen molar-refractivity contribution in [1.29, 1.82) is 0 Å². The smallest absolute Gasteiger partial charge is 0.315 e. The predicted molar refractivity (Wildman–Crippen MR) is 126 cm³/mol. The Hall–Kier alpha value is -0.860. The fourth-order valence-corrected chi connectivity index (χ4v) is 3.46. The summed E-state index contributed by atoms with van der Waals surface area (Å²) in [7, 11) is 0. The maximum absolute atomic E-state index is 6.10. The molecule has 0 radical (unpaired) electrons. The third kappa shape index (κ3) is 15.6. The summed E-state index contributed by atoms with van der Waals surface area (Å²) >= 11 is 0. The number of hydrogen-bond acceptors (Lipinski definition) is 3. The van der Waals surface area contributed by atoms with E-state index in [1.54, 1.807) is 6.26 Å². The van der Waals surface area contributed by atoms with E-state index in [1.807, 2.05) is 0 Å². The van der Waals surface area contributed by atoms with E-state index in [2.05, 4.69) is 41.5 Å². The van der Waals surface area contributed by atoms with Gasteiger partial charge in [0.2, 0.25) is 0 Å². The molecule has 0 heterocycles. The first-order valence-electron chi connectivity index (χ1n) is 12.7. The van der Waals surface area contributed by atoms with Crippen molar-refractivity contribution in [1.82, 2.24) is 0 Å². The molecule has 0 saturated carbocycles. The molecule has 0 aromatic heterocycles. The number of ether oxygens (including phenoxy) is 3. The molecule has 0 rings (SSSR count). The van der Waals surface area contributed by atoms with E-state index in [9.17, 15) is 0 Å². The first kappa shape index (κ1) is 28.1. The fraction of sp³-hybridized carbons (Fsp3) is 0.923. The standard InChI is InChI=1S/C26H52O3/c1-7-13-16-23(10-4)19-27-22-26(28-20-24(11-5)17-14-8-2)29-21-25(12-6)18-15-9-3/h22-25H,7-21H2,1-6H3. The highest BCUT2D eigenvalue weighted by atomic mass is 16.7. The van der Waals surface area contributed by atoms with Crippen molar-refractivity contribution in [3.05, 3.63) is 12.2 Å². The minimum Gasteiger partial charge on any atom is -0.494 e. The van der Waals surface area contributed by atoms with Crippen molar-refractivity contribution in [3.8, 4) is 0 Å². The third-order valence-corrected chi connectivity index (χ3v) is 6.06. The van der Waals surface area contributed by atoms with Crippen LogP contribution in [0.25, 0.3) is 0 Å². The Bertz CT molecular complexity index is 345. The molecule has 0 aromatic rings. The highest BCUT2D eigenvalue weighted by Crippen LogP contribution is 2.19. The summed E-state index contributed by atoms with van der Waals surface area (Å²) in [5, 5.41) is 0. The molecule has 29 heavy (non-hydrogen) atoms. The van der Waals surface area contributed by atoms with E-state index in [0.717, 1.165) is 39.1 Å². The van der Waals surface area contributed by atoms with Gasteiger partial charge in [0.05, 0.1) is 19.8 Å². The zero-order chi connectivity index (χ0) is 21.7. The Morgan fingerprint density at radius 3 is 1.31 bits per heavy atom. The molecule has 0 bridgehead atoms. The van der Waals surface area contributed by atoms with Gasteiger partial charge in [-0.05, 0) is 37.0 Å². The van der Waals surface area contributed by atoms with Gasteiger partial charge in [-0.15, -0.1) is 0 Å². The molecule has 3 nitrogen and oxygen atoms in total. The Balaban J connectivity index is 4.74. The van der Waals surface area contributed by atoms with E-state index < -0.39 is 0 Å². The van der Waals surface area contributed by atoms with Gasteiger partial charge in [0.25, 0.3) is 0 Å². The lowest BCUT2D eigenvalue weighted by Crippen LogP contribution is -2.14. The van der Waals surface area contributed by atoms with E-state index in [0.29, 0.717) is 23.7 Å². The Morgan fingerprint density at radius 2 is 0.966 bits per heavy atom. The van der Waals surface area contributed by atoms with Crippen LogP contribution in [0.5, 0.6) is 0 Å². The second kappa shape index (κ2) is 20.4. The van der Waals surface area contributed by atoms with Gasteiger partial charge in [0.15, 0.2) is 6.26 Å². The molecule has 0 aliphatic rings.